The van der Waals surface area contributed by atoms with Gasteiger partial charge in [-0.15, -0.1) is 0 Å². The Morgan fingerprint density at radius 3 is 2.56 bits per heavy atom. The molecular formula is C21H22N2O2. The van der Waals surface area contributed by atoms with E-state index in [1.165, 1.54) is 0 Å². The zero-order chi connectivity index (χ0) is 17.6. The summed E-state index contributed by atoms with van der Waals surface area (Å²) in [6, 6.07) is 21.6. The highest BCUT2D eigenvalue weighted by Crippen LogP contribution is 2.23. The molecule has 0 heterocycles. The molecule has 0 radical (unpaired) electrons. The lowest BCUT2D eigenvalue weighted by Crippen LogP contribution is -2.34. The van der Waals surface area contributed by atoms with Crippen LogP contribution in [0.25, 0.3) is 10.8 Å². The minimum Gasteiger partial charge on any atom is -0.491 e. The number of amides is 2. The predicted molar refractivity (Wildman–Crippen MR) is 102 cm³/mol. The summed E-state index contributed by atoms with van der Waals surface area (Å²) in [5.74, 6) is 0.852. The average Bonchev–Trinajstić information content (AvgIpc) is 2.63. The predicted octanol–water partition coefficient (Wildman–Crippen LogP) is 4.69. The van der Waals surface area contributed by atoms with Crippen LogP contribution < -0.4 is 10.1 Å². The fourth-order valence-electron chi connectivity index (χ4n) is 2.66. The van der Waals surface area contributed by atoms with Crippen LogP contribution in [0.15, 0.2) is 66.7 Å². The minimum absolute atomic E-state index is 0.148. The van der Waals surface area contributed by atoms with Crippen molar-refractivity contribution in [3.63, 3.8) is 0 Å². The number of likely N-dealkylation sites (N-methyl/N-ethyl adjacent to an activating group) is 1. The first kappa shape index (κ1) is 16.8. The lowest BCUT2D eigenvalue weighted by molar-refractivity contribution is 0.207. The number of carbonyl (C=O) groups is 1. The molecule has 0 atom stereocenters. The smallest absolute Gasteiger partial charge is 0.321 e. The van der Waals surface area contributed by atoms with Gasteiger partial charge in [-0.25, -0.2) is 4.79 Å². The molecule has 0 saturated carbocycles. The molecule has 3 rings (SSSR count). The highest BCUT2D eigenvalue weighted by Gasteiger charge is 2.10. The summed E-state index contributed by atoms with van der Waals surface area (Å²) >= 11 is 0. The van der Waals surface area contributed by atoms with Crippen molar-refractivity contribution < 1.29 is 9.53 Å². The number of aryl methyl sites for hydroxylation is 1. The second kappa shape index (κ2) is 7.71. The van der Waals surface area contributed by atoms with Gasteiger partial charge in [0.15, 0.2) is 0 Å². The molecule has 3 aromatic carbocycles. The van der Waals surface area contributed by atoms with E-state index in [4.69, 9.17) is 4.74 Å². The Balaban J connectivity index is 1.58. The molecule has 4 heteroatoms. The summed E-state index contributed by atoms with van der Waals surface area (Å²) in [4.78, 5) is 14.0. The van der Waals surface area contributed by atoms with E-state index in [-0.39, 0.29) is 6.03 Å². The van der Waals surface area contributed by atoms with Gasteiger partial charge in [0.1, 0.15) is 12.4 Å². The van der Waals surface area contributed by atoms with Gasteiger partial charge in [0.2, 0.25) is 0 Å². The quantitative estimate of drug-likeness (QED) is 0.735. The van der Waals surface area contributed by atoms with Gasteiger partial charge >= 0.3 is 6.03 Å². The van der Waals surface area contributed by atoms with Crippen LogP contribution in [0.2, 0.25) is 0 Å². The number of hydrogen-bond donors (Lipinski definition) is 1. The van der Waals surface area contributed by atoms with E-state index in [2.05, 4.69) is 5.32 Å². The van der Waals surface area contributed by atoms with E-state index in [0.29, 0.717) is 13.2 Å². The minimum atomic E-state index is -0.148. The number of fused-ring (bicyclic) bond motifs is 1. The summed E-state index contributed by atoms with van der Waals surface area (Å²) < 4.78 is 5.76. The number of benzene rings is 3. The van der Waals surface area contributed by atoms with E-state index in [0.717, 1.165) is 27.8 Å². The van der Waals surface area contributed by atoms with Crippen molar-refractivity contribution >= 4 is 22.5 Å². The third kappa shape index (κ3) is 4.10. The molecule has 2 amide bonds. The van der Waals surface area contributed by atoms with Crippen LogP contribution in [0.3, 0.4) is 0 Å². The van der Waals surface area contributed by atoms with Crippen molar-refractivity contribution in [3.8, 4) is 5.75 Å². The van der Waals surface area contributed by atoms with Crippen molar-refractivity contribution in [2.24, 2.45) is 0 Å². The number of para-hydroxylation sites is 1. The van der Waals surface area contributed by atoms with Gasteiger partial charge in [0.05, 0.1) is 12.2 Å². The van der Waals surface area contributed by atoms with Crippen LogP contribution in [-0.2, 0) is 0 Å². The molecule has 0 aliphatic rings. The summed E-state index contributed by atoms with van der Waals surface area (Å²) in [7, 11) is 1.77. The lowest BCUT2D eigenvalue weighted by Gasteiger charge is -2.19. The second-order valence-corrected chi connectivity index (χ2v) is 5.99. The number of ether oxygens (including phenoxy) is 1. The Bertz CT molecular complexity index is 871. The lowest BCUT2D eigenvalue weighted by atomic mass is 10.1. The molecule has 0 fully saturated rings. The molecule has 1 N–H and O–H groups in total. The highest BCUT2D eigenvalue weighted by molar-refractivity contribution is 6.01. The normalized spacial score (nSPS) is 10.5. The van der Waals surface area contributed by atoms with E-state index < -0.39 is 0 Å². The van der Waals surface area contributed by atoms with Gasteiger partial charge in [-0.1, -0.05) is 54.6 Å². The highest BCUT2D eigenvalue weighted by atomic mass is 16.5. The van der Waals surface area contributed by atoms with Crippen LogP contribution in [-0.4, -0.2) is 31.1 Å². The van der Waals surface area contributed by atoms with Crippen molar-refractivity contribution in [2.45, 2.75) is 6.92 Å². The van der Waals surface area contributed by atoms with E-state index >= 15 is 0 Å². The summed E-state index contributed by atoms with van der Waals surface area (Å²) in [6.07, 6.45) is 0. The molecule has 0 aliphatic carbocycles. The first-order chi connectivity index (χ1) is 12.1. The van der Waals surface area contributed by atoms with Gasteiger partial charge in [-0.05, 0) is 30.0 Å². The molecular weight excluding hydrogens is 312 g/mol. The Labute approximate surface area is 148 Å². The Morgan fingerprint density at radius 1 is 1.00 bits per heavy atom. The van der Waals surface area contributed by atoms with Crippen molar-refractivity contribution in [1.82, 2.24) is 4.90 Å². The summed E-state index contributed by atoms with van der Waals surface area (Å²) in [5, 5.41) is 5.11. The van der Waals surface area contributed by atoms with Gasteiger partial charge in [-0.2, -0.15) is 0 Å². The molecule has 0 saturated heterocycles. The largest absolute Gasteiger partial charge is 0.491 e. The Kier molecular flexibility index (Phi) is 5.19. The SMILES string of the molecule is Cc1ccccc1OCCN(C)C(=O)Nc1cccc2ccccc12. The monoisotopic (exact) mass is 334 g/mol. The standard InChI is InChI=1S/C21H22N2O2/c1-16-8-3-6-13-20(16)25-15-14-23(2)21(24)22-19-12-7-10-17-9-4-5-11-18(17)19/h3-13H,14-15H2,1-2H3,(H,22,24). The Hall–Kier alpha value is -3.01. The van der Waals surface area contributed by atoms with E-state index in [1.54, 1.807) is 11.9 Å². The zero-order valence-corrected chi connectivity index (χ0v) is 14.5. The average molecular weight is 334 g/mol. The van der Waals surface area contributed by atoms with Crippen LogP contribution >= 0.6 is 0 Å². The van der Waals surface area contributed by atoms with Crippen molar-refractivity contribution in [3.05, 3.63) is 72.3 Å². The third-order valence-corrected chi connectivity index (χ3v) is 4.16. The maximum absolute atomic E-state index is 12.4. The van der Waals surface area contributed by atoms with Crippen molar-refractivity contribution in [2.75, 3.05) is 25.5 Å². The number of urea groups is 1. The van der Waals surface area contributed by atoms with E-state index in [9.17, 15) is 4.79 Å². The molecule has 0 bridgehead atoms. The molecule has 0 spiro atoms. The zero-order valence-electron chi connectivity index (χ0n) is 14.5. The van der Waals surface area contributed by atoms with Gasteiger partial charge in [0.25, 0.3) is 0 Å². The molecule has 0 aromatic heterocycles. The first-order valence-corrected chi connectivity index (χ1v) is 8.33. The number of carbonyl (C=O) groups excluding carboxylic acids is 1. The molecule has 4 nitrogen and oxygen atoms in total. The fourth-order valence-corrected chi connectivity index (χ4v) is 2.66. The number of nitrogens with one attached hydrogen (secondary N) is 1. The summed E-state index contributed by atoms with van der Waals surface area (Å²) in [5.41, 5.74) is 1.90. The topological polar surface area (TPSA) is 41.6 Å². The first-order valence-electron chi connectivity index (χ1n) is 8.33. The van der Waals surface area contributed by atoms with Gasteiger partial charge in [0, 0.05) is 12.4 Å². The number of anilines is 1. The van der Waals surface area contributed by atoms with E-state index in [1.807, 2.05) is 73.7 Å². The van der Waals surface area contributed by atoms with Crippen LogP contribution in [0, 0.1) is 6.92 Å². The molecule has 25 heavy (non-hydrogen) atoms. The molecule has 128 valence electrons. The molecule has 3 aromatic rings. The van der Waals surface area contributed by atoms with Gasteiger partial charge in [-0.3, -0.25) is 0 Å². The Morgan fingerprint density at radius 2 is 1.72 bits per heavy atom. The summed E-state index contributed by atoms with van der Waals surface area (Å²) in [6.45, 7) is 2.96. The fraction of sp³-hybridized carbons (Fsp3) is 0.190. The maximum atomic E-state index is 12.4. The molecule has 0 aliphatic heterocycles. The van der Waals surface area contributed by atoms with Crippen LogP contribution in [0.5, 0.6) is 5.75 Å². The van der Waals surface area contributed by atoms with Crippen molar-refractivity contribution in [1.29, 1.82) is 0 Å². The van der Waals surface area contributed by atoms with Gasteiger partial charge < -0.3 is 15.0 Å². The second-order valence-electron chi connectivity index (χ2n) is 5.99. The van der Waals surface area contributed by atoms with Crippen LogP contribution in [0.4, 0.5) is 10.5 Å². The number of rotatable bonds is 5. The van der Waals surface area contributed by atoms with Crippen LogP contribution in [0.1, 0.15) is 5.56 Å². The molecule has 0 unspecified atom stereocenters. The maximum Gasteiger partial charge on any atom is 0.321 e. The number of nitrogens with zero attached hydrogens (tertiary/aromatic N) is 1. The number of hydrogen-bond acceptors (Lipinski definition) is 2. The third-order valence-electron chi connectivity index (χ3n) is 4.16.